The minimum Gasteiger partial charge on any atom is -0.465 e. The molecule has 2 aromatic rings. The first-order chi connectivity index (χ1) is 15.0. The van der Waals surface area contributed by atoms with Crippen molar-refractivity contribution in [3.63, 3.8) is 0 Å². The Morgan fingerprint density at radius 3 is 2.65 bits per heavy atom. The molecule has 0 unspecified atom stereocenters. The lowest BCUT2D eigenvalue weighted by Crippen LogP contribution is -2.36. The molecular formula is C23H26N2O5S. The van der Waals surface area contributed by atoms with Gasteiger partial charge in [0.2, 0.25) is 0 Å². The van der Waals surface area contributed by atoms with Gasteiger partial charge in [0.15, 0.2) is 0 Å². The van der Waals surface area contributed by atoms with Gasteiger partial charge in [-0.1, -0.05) is 6.07 Å². The molecule has 31 heavy (non-hydrogen) atoms. The number of rotatable bonds is 4. The zero-order valence-corrected chi connectivity index (χ0v) is 18.6. The van der Waals surface area contributed by atoms with Gasteiger partial charge in [-0.25, -0.2) is 9.59 Å². The van der Waals surface area contributed by atoms with Gasteiger partial charge >= 0.3 is 12.1 Å². The van der Waals surface area contributed by atoms with Crippen LogP contribution in [0.3, 0.4) is 0 Å². The molecule has 0 saturated heterocycles. The van der Waals surface area contributed by atoms with E-state index in [0.29, 0.717) is 42.2 Å². The number of amides is 2. The number of benzene rings is 1. The SMILES string of the molecule is CCOC(=O)N1CCc2c(sc(NC(=O)c3ccc4c(c3)CCCC4)c2C(=O)OC)C1. The zero-order valence-electron chi connectivity index (χ0n) is 17.8. The van der Waals surface area contributed by atoms with Crippen molar-refractivity contribution in [1.29, 1.82) is 0 Å². The van der Waals surface area contributed by atoms with Crippen LogP contribution in [0.2, 0.25) is 0 Å². The van der Waals surface area contributed by atoms with E-state index in [1.54, 1.807) is 11.8 Å². The number of aryl methyl sites for hydroxylation is 2. The van der Waals surface area contributed by atoms with Crippen molar-refractivity contribution in [3.8, 4) is 0 Å². The van der Waals surface area contributed by atoms with Gasteiger partial charge in [0, 0.05) is 17.0 Å². The number of hydrogen-bond donors (Lipinski definition) is 1. The largest absolute Gasteiger partial charge is 0.465 e. The van der Waals surface area contributed by atoms with Crippen LogP contribution in [0.1, 0.15) is 62.0 Å². The number of nitrogens with zero attached hydrogens (tertiary/aromatic N) is 1. The molecule has 8 heteroatoms. The third-order valence-corrected chi connectivity index (χ3v) is 6.94. The number of esters is 1. The Morgan fingerprint density at radius 1 is 1.13 bits per heavy atom. The van der Waals surface area contributed by atoms with Crippen LogP contribution in [-0.2, 0) is 35.3 Å². The molecule has 1 aromatic heterocycles. The number of thiophene rings is 1. The highest BCUT2D eigenvalue weighted by molar-refractivity contribution is 7.17. The van der Waals surface area contributed by atoms with Crippen molar-refractivity contribution in [2.75, 3.05) is 25.6 Å². The summed E-state index contributed by atoms with van der Waals surface area (Å²) in [5, 5.41) is 3.38. The second-order valence-corrected chi connectivity index (χ2v) is 8.82. The lowest BCUT2D eigenvalue weighted by molar-refractivity contribution is 0.0600. The van der Waals surface area contributed by atoms with Crippen molar-refractivity contribution >= 4 is 34.3 Å². The Kier molecular flexibility index (Phi) is 6.27. The van der Waals surface area contributed by atoms with E-state index in [1.807, 2.05) is 18.2 Å². The van der Waals surface area contributed by atoms with Crippen molar-refractivity contribution in [1.82, 2.24) is 4.90 Å². The molecule has 4 rings (SSSR count). The van der Waals surface area contributed by atoms with Crippen LogP contribution in [0.5, 0.6) is 0 Å². The summed E-state index contributed by atoms with van der Waals surface area (Å²) in [7, 11) is 1.33. The highest BCUT2D eigenvalue weighted by Gasteiger charge is 2.31. The molecule has 164 valence electrons. The summed E-state index contributed by atoms with van der Waals surface area (Å²) in [4.78, 5) is 40.1. The summed E-state index contributed by atoms with van der Waals surface area (Å²) in [5.41, 5.74) is 4.33. The monoisotopic (exact) mass is 442 g/mol. The number of ether oxygens (including phenoxy) is 2. The predicted octanol–water partition coefficient (Wildman–Crippen LogP) is 4.18. The van der Waals surface area contributed by atoms with Crippen molar-refractivity contribution in [2.45, 2.75) is 45.6 Å². The average Bonchev–Trinajstić information content (AvgIpc) is 3.15. The average molecular weight is 443 g/mol. The molecule has 7 nitrogen and oxygen atoms in total. The summed E-state index contributed by atoms with van der Waals surface area (Å²) in [6.07, 6.45) is 4.49. The maximum atomic E-state index is 13.0. The second-order valence-electron chi connectivity index (χ2n) is 7.71. The molecule has 2 amide bonds. The van der Waals surface area contributed by atoms with Crippen LogP contribution in [0.15, 0.2) is 18.2 Å². The normalized spacial score (nSPS) is 15.0. The standard InChI is InChI=1S/C23H26N2O5S/c1-3-30-23(28)25-11-10-17-18(13-25)31-21(19(17)22(27)29-2)24-20(26)16-9-8-14-6-4-5-7-15(14)12-16/h8-9,12H,3-7,10-11,13H2,1-2H3,(H,24,26). The van der Waals surface area contributed by atoms with Gasteiger partial charge in [-0.05, 0) is 67.9 Å². The van der Waals surface area contributed by atoms with Crippen LogP contribution >= 0.6 is 11.3 Å². The molecule has 0 radical (unpaired) electrons. The van der Waals surface area contributed by atoms with Crippen LogP contribution in [-0.4, -0.2) is 43.1 Å². The molecule has 1 N–H and O–H groups in total. The number of hydrogen-bond acceptors (Lipinski definition) is 6. The first-order valence-electron chi connectivity index (χ1n) is 10.6. The van der Waals surface area contributed by atoms with Gasteiger partial charge in [-0.3, -0.25) is 4.79 Å². The number of methoxy groups -OCH3 is 1. The number of nitrogens with one attached hydrogen (secondary N) is 1. The van der Waals surface area contributed by atoms with Crippen molar-refractivity contribution in [3.05, 3.63) is 50.9 Å². The van der Waals surface area contributed by atoms with Crippen molar-refractivity contribution in [2.24, 2.45) is 0 Å². The van der Waals surface area contributed by atoms with Crippen molar-refractivity contribution < 1.29 is 23.9 Å². The van der Waals surface area contributed by atoms with E-state index in [2.05, 4.69) is 5.32 Å². The Balaban J connectivity index is 1.60. The van der Waals surface area contributed by atoms with E-state index < -0.39 is 5.97 Å². The van der Waals surface area contributed by atoms with E-state index >= 15 is 0 Å². The lowest BCUT2D eigenvalue weighted by atomic mass is 9.90. The fourth-order valence-corrected chi connectivity index (χ4v) is 5.48. The highest BCUT2D eigenvalue weighted by Crippen LogP contribution is 2.38. The second kappa shape index (κ2) is 9.09. The summed E-state index contributed by atoms with van der Waals surface area (Å²) in [6.45, 7) is 2.87. The van der Waals surface area contributed by atoms with Gasteiger partial charge in [-0.15, -0.1) is 11.3 Å². The van der Waals surface area contributed by atoms with Crippen LogP contribution in [0, 0.1) is 0 Å². The Bertz CT molecular complexity index is 1030. The summed E-state index contributed by atoms with van der Waals surface area (Å²) >= 11 is 1.31. The van der Waals surface area contributed by atoms with E-state index in [1.165, 1.54) is 36.0 Å². The minimum atomic E-state index is -0.483. The number of fused-ring (bicyclic) bond motifs is 2. The maximum Gasteiger partial charge on any atom is 0.410 e. The first kappa shape index (κ1) is 21.4. The molecule has 2 heterocycles. The fraction of sp³-hybridized carbons (Fsp3) is 0.435. The molecule has 1 aliphatic carbocycles. The topological polar surface area (TPSA) is 84.9 Å². The first-order valence-corrected chi connectivity index (χ1v) is 11.4. The number of carbonyl (C=O) groups excluding carboxylic acids is 3. The van der Waals surface area contributed by atoms with Crippen LogP contribution < -0.4 is 5.32 Å². The van der Waals surface area contributed by atoms with E-state index in [-0.39, 0.29) is 12.0 Å². The zero-order chi connectivity index (χ0) is 22.0. The quantitative estimate of drug-likeness (QED) is 0.718. The Labute approximate surface area is 185 Å². The highest BCUT2D eigenvalue weighted by atomic mass is 32.1. The van der Waals surface area contributed by atoms with Gasteiger partial charge in [0.05, 0.1) is 25.8 Å². The maximum absolute atomic E-state index is 13.0. The molecule has 2 aliphatic rings. The molecular weight excluding hydrogens is 416 g/mol. The summed E-state index contributed by atoms with van der Waals surface area (Å²) in [6, 6.07) is 5.83. The fourth-order valence-electron chi connectivity index (χ4n) is 4.23. The van der Waals surface area contributed by atoms with E-state index in [9.17, 15) is 14.4 Å². The molecule has 0 spiro atoms. The van der Waals surface area contributed by atoms with Gasteiger partial charge < -0.3 is 19.7 Å². The number of anilines is 1. The van der Waals surface area contributed by atoms with Gasteiger partial charge in [0.25, 0.3) is 5.91 Å². The summed E-state index contributed by atoms with van der Waals surface area (Å²) < 4.78 is 10.1. The number of carbonyl (C=O) groups is 3. The molecule has 0 atom stereocenters. The van der Waals surface area contributed by atoms with Crippen LogP contribution in [0.4, 0.5) is 9.80 Å². The van der Waals surface area contributed by atoms with Gasteiger partial charge in [0.1, 0.15) is 5.00 Å². The molecule has 0 fully saturated rings. The Hall–Kier alpha value is -2.87. The minimum absolute atomic E-state index is 0.251. The molecule has 1 aliphatic heterocycles. The third kappa shape index (κ3) is 4.30. The van der Waals surface area contributed by atoms with E-state index in [4.69, 9.17) is 9.47 Å². The third-order valence-electron chi connectivity index (χ3n) is 5.81. The molecule has 0 saturated carbocycles. The predicted molar refractivity (Wildman–Crippen MR) is 118 cm³/mol. The van der Waals surface area contributed by atoms with Crippen LogP contribution in [0.25, 0.3) is 0 Å². The lowest BCUT2D eigenvalue weighted by Gasteiger charge is -2.26. The van der Waals surface area contributed by atoms with E-state index in [0.717, 1.165) is 29.7 Å². The molecule has 0 bridgehead atoms. The molecule has 1 aromatic carbocycles. The summed E-state index contributed by atoms with van der Waals surface area (Å²) in [5.74, 6) is -0.734. The smallest absolute Gasteiger partial charge is 0.410 e. The van der Waals surface area contributed by atoms with Gasteiger partial charge in [-0.2, -0.15) is 0 Å². The Morgan fingerprint density at radius 2 is 1.90 bits per heavy atom.